The Kier molecular flexibility index (Phi) is 34.1. The monoisotopic (exact) mass is 1340 g/mol. The lowest BCUT2D eigenvalue weighted by molar-refractivity contribution is -0.255. The van der Waals surface area contributed by atoms with Crippen LogP contribution in [0.2, 0.25) is 0 Å². The Morgan fingerprint density at radius 2 is 0.769 bits per heavy atom. The lowest BCUT2D eigenvalue weighted by Gasteiger charge is -2.20. The first-order chi connectivity index (χ1) is 35.2. The van der Waals surface area contributed by atoms with Gasteiger partial charge >= 0.3 is 36.4 Å². The van der Waals surface area contributed by atoms with Crippen LogP contribution in [0, 0.1) is 27.7 Å². The van der Waals surface area contributed by atoms with E-state index in [1.54, 1.807) is 147 Å². The molecule has 0 saturated carbocycles. The predicted octanol–water partition coefficient (Wildman–Crippen LogP) is 8.89. The molecule has 21 nitrogen and oxygen atoms in total. The van der Waals surface area contributed by atoms with Crippen LogP contribution in [0.1, 0.15) is 147 Å². The minimum absolute atomic E-state index is 0. The van der Waals surface area contributed by atoms with Crippen molar-refractivity contribution in [1.82, 2.24) is 10.6 Å². The van der Waals surface area contributed by atoms with Gasteiger partial charge in [-0.25, -0.2) is 28.8 Å². The van der Waals surface area contributed by atoms with Crippen molar-refractivity contribution in [3.05, 3.63) is 117 Å². The molecule has 0 unspecified atom stereocenters. The summed E-state index contributed by atoms with van der Waals surface area (Å²) in [5, 5.41) is 27.7. The van der Waals surface area contributed by atoms with Crippen molar-refractivity contribution in [2.24, 2.45) is 0 Å². The van der Waals surface area contributed by atoms with Crippen LogP contribution >= 0.6 is 37.2 Å². The number of anilines is 3. The minimum Gasteiger partial charge on any atom is -1.00 e. The van der Waals surface area contributed by atoms with E-state index in [-0.39, 0.29) is 35.3 Å². The average molecular weight is 1340 g/mol. The number of nitrogen functional groups attached to an aromatic ring is 1. The first-order valence-electron chi connectivity index (χ1n) is 23.4. The molecule has 4 aromatic carbocycles. The number of rotatable bonds is 6. The number of nitrogens with one attached hydrogen (secondary N) is 4. The van der Waals surface area contributed by atoms with Crippen LogP contribution in [0.4, 0.5) is 41.9 Å². The van der Waals surface area contributed by atoms with E-state index in [2.05, 4.69) is 69.0 Å². The zero-order chi connectivity index (χ0) is 60.4. The topological polar surface area (TPSA) is 325 Å². The van der Waals surface area contributed by atoms with Gasteiger partial charge in [-0.15, -0.1) is 0 Å². The van der Waals surface area contributed by atoms with Crippen molar-refractivity contribution in [2.45, 2.75) is 133 Å². The number of quaternary nitrogens is 1. The molecule has 4 rings (SSSR count). The van der Waals surface area contributed by atoms with E-state index >= 15 is 0 Å². The molecule has 0 aliphatic heterocycles. The molecule has 0 bridgehead atoms. The zero-order valence-corrected chi connectivity index (χ0v) is 52.6. The number of carbonyl (C=O) groups excluding carboxylic acids is 6. The van der Waals surface area contributed by atoms with E-state index in [1.165, 1.54) is 24.3 Å². The number of hydrogen-bond donors (Lipinski definition) is 8. The quantitative estimate of drug-likeness (QED) is 0.0294. The predicted molar refractivity (Wildman–Crippen MR) is 314 cm³/mol. The van der Waals surface area contributed by atoms with Gasteiger partial charge < -0.3 is 68.4 Å². The van der Waals surface area contributed by atoms with Gasteiger partial charge in [0.2, 0.25) is 0 Å². The van der Waals surface area contributed by atoms with Gasteiger partial charge in [0.15, 0.2) is 0 Å². The molecule has 11 N–H and O–H groups in total. The van der Waals surface area contributed by atoms with Crippen LogP contribution < -0.4 is 45.1 Å². The van der Waals surface area contributed by atoms with E-state index in [1.807, 2.05) is 26.8 Å². The van der Waals surface area contributed by atoms with Crippen LogP contribution in [-0.2, 0) is 23.7 Å². The van der Waals surface area contributed by atoms with E-state index in [0.717, 1.165) is 27.9 Å². The van der Waals surface area contributed by atoms with E-state index in [0.29, 0.717) is 28.2 Å². The summed E-state index contributed by atoms with van der Waals surface area (Å²) in [5.74, 6) is -2.26. The number of carboxylic acids is 2. The number of carbonyl (C=O) groups is 8. The Bertz CT molecular complexity index is 2630. The SMILES string of the molecule is CC(C)(C)OC(=O)OC(=O)OC(C)(C)C.CNC(=O)c1ccc(C)c(NC(=O)OC(C)(C)C)c1.CNC(=O)c1ccc(C)c([NH3+])c1.Cc1ccc(C(=O)O)cc1N.Cc1ccc(C(=O)O)cc1NC(=O)OC(C)(C)C.II.[Cl-]. The Morgan fingerprint density at radius 1 is 0.474 bits per heavy atom. The number of benzene rings is 4. The summed E-state index contributed by atoms with van der Waals surface area (Å²) in [6, 6.07) is 19.8. The number of carboxylic acid groups (broad SMARTS) is 2. The molecule has 0 aliphatic rings. The second kappa shape index (κ2) is 35.1. The summed E-state index contributed by atoms with van der Waals surface area (Å²) >= 11 is 4.24. The first-order valence-corrected chi connectivity index (χ1v) is 29.6. The van der Waals surface area contributed by atoms with Gasteiger partial charge in [-0.1, -0.05) is 24.3 Å². The molecule has 0 saturated heterocycles. The van der Waals surface area contributed by atoms with Gasteiger partial charge in [-0.3, -0.25) is 20.2 Å². The molecule has 24 heteroatoms. The van der Waals surface area contributed by atoms with Crippen molar-refractivity contribution in [2.75, 3.05) is 30.5 Å². The molecular weight excluding hydrogens is 1260 g/mol. The third kappa shape index (κ3) is 34.3. The van der Waals surface area contributed by atoms with Crippen molar-refractivity contribution < 1.29 is 90.4 Å². The summed E-state index contributed by atoms with van der Waals surface area (Å²) in [6.07, 6.45) is -3.26. The van der Waals surface area contributed by atoms with Crippen molar-refractivity contribution in [1.29, 1.82) is 0 Å². The van der Waals surface area contributed by atoms with Crippen LogP contribution in [0.15, 0.2) is 72.8 Å². The van der Waals surface area contributed by atoms with Gasteiger partial charge in [0.05, 0.1) is 11.1 Å². The molecule has 4 amide bonds. The summed E-state index contributed by atoms with van der Waals surface area (Å²) in [7, 11) is 3.17. The Morgan fingerprint density at radius 3 is 1.08 bits per heavy atom. The summed E-state index contributed by atoms with van der Waals surface area (Å²) in [6.45, 7) is 28.1. The maximum absolute atomic E-state index is 11.7. The number of ether oxygens (including phenoxy) is 5. The fourth-order valence-corrected chi connectivity index (χ4v) is 5.10. The molecule has 434 valence electrons. The second-order valence-electron chi connectivity index (χ2n) is 20.3. The van der Waals surface area contributed by atoms with Gasteiger partial charge in [0.1, 0.15) is 28.1 Å². The molecular formula is C54H77ClI2N6O15. The lowest BCUT2D eigenvalue weighted by atomic mass is 10.1. The van der Waals surface area contributed by atoms with Gasteiger partial charge in [-0.05, 0) is 170 Å². The van der Waals surface area contributed by atoms with Crippen LogP contribution in [0.25, 0.3) is 0 Å². The van der Waals surface area contributed by atoms with Crippen LogP contribution in [-0.4, -0.2) is 95.0 Å². The number of hydrogen-bond acceptors (Lipinski definition) is 14. The number of aromatic carboxylic acids is 2. The fraction of sp³-hybridized carbons (Fsp3) is 0.407. The molecule has 0 fully saturated rings. The standard InChI is InChI=1S/C14H20N2O3.C13H17NO4.C10H18O5.C9H12N2O.C8H9NO2.ClH.I2/c1-9-6-7-10(12(17)15-5)8-11(9)16-13(18)19-14(2,3)4;1-8-5-6-9(11(15)16)7-10(8)14-12(17)18-13(2,3)4;1-9(2,3)14-7(11)13-8(12)15-10(4,5)6;1-6-3-4-7(5-8(6)10)9(12)11-2;1-5-2-3-6(8(10)11)4-7(5)9;;1-2/h6-8H,1-5H3,(H,15,17)(H,16,18);5-7H,1-4H3,(H,14,17)(H,15,16);1-6H3;3-5H,10H2,1-2H3,(H,11,12);2-4H,9H2,1H3,(H,10,11);1H;. The average Bonchev–Trinajstić information content (AvgIpc) is 3.28. The summed E-state index contributed by atoms with van der Waals surface area (Å²) < 4.78 is 24.1. The fourth-order valence-electron chi connectivity index (χ4n) is 5.10. The molecule has 78 heavy (non-hydrogen) atoms. The van der Waals surface area contributed by atoms with Crippen LogP contribution in [0.5, 0.6) is 0 Å². The summed E-state index contributed by atoms with van der Waals surface area (Å²) in [4.78, 5) is 89.2. The van der Waals surface area contributed by atoms with Crippen LogP contribution in [0.3, 0.4) is 0 Å². The Hall–Kier alpha value is -6.45. The molecule has 0 atom stereocenters. The highest BCUT2D eigenvalue weighted by atomic mass is 128. The normalized spacial score (nSPS) is 10.3. The number of nitrogens with two attached hydrogens (primary N) is 1. The largest absolute Gasteiger partial charge is 1.00 e. The molecule has 0 spiro atoms. The molecule has 0 aromatic heterocycles. The van der Waals surface area contributed by atoms with E-state index in [4.69, 9.17) is 34.9 Å². The lowest BCUT2D eigenvalue weighted by Crippen LogP contribution is -3.00. The van der Waals surface area contributed by atoms with Crippen molar-refractivity contribution >= 4 is 108 Å². The highest BCUT2D eigenvalue weighted by molar-refractivity contribution is 15.0. The zero-order valence-electron chi connectivity index (χ0n) is 47.5. The van der Waals surface area contributed by atoms with Crippen molar-refractivity contribution in [3.63, 3.8) is 0 Å². The molecule has 4 aromatic rings. The summed E-state index contributed by atoms with van der Waals surface area (Å²) in [5.41, 5.74) is 14.3. The third-order valence-corrected chi connectivity index (χ3v) is 8.79. The second-order valence-corrected chi connectivity index (χ2v) is 20.3. The Labute approximate surface area is 487 Å². The van der Waals surface area contributed by atoms with Gasteiger partial charge in [-0.2, -0.15) is 0 Å². The highest BCUT2D eigenvalue weighted by Gasteiger charge is 2.25. The third-order valence-electron chi connectivity index (χ3n) is 8.79. The minimum atomic E-state index is -1.06. The molecule has 0 aliphatic carbocycles. The smallest absolute Gasteiger partial charge is 0.519 e. The van der Waals surface area contributed by atoms with Gasteiger partial charge in [0, 0.05) is 91.1 Å². The van der Waals surface area contributed by atoms with E-state index < -0.39 is 58.8 Å². The highest BCUT2D eigenvalue weighted by Crippen LogP contribution is 2.21. The van der Waals surface area contributed by atoms with E-state index in [9.17, 15) is 38.4 Å². The number of amides is 4. The maximum Gasteiger partial charge on any atom is 0.519 e. The van der Waals surface area contributed by atoms with Gasteiger partial charge in [0.25, 0.3) is 11.8 Å². The number of halogens is 3. The first kappa shape index (κ1) is 75.8. The Balaban J connectivity index is -0.000000903. The molecule has 0 radical (unpaired) electrons. The van der Waals surface area contributed by atoms with Crippen molar-refractivity contribution in [3.8, 4) is 0 Å². The maximum atomic E-state index is 11.7. The molecule has 0 heterocycles. The number of aryl methyl sites for hydroxylation is 4.